The molecule has 0 fully saturated rings. The Balaban J connectivity index is 2.80. The van der Waals surface area contributed by atoms with Gasteiger partial charge in [0.1, 0.15) is 5.69 Å². The van der Waals surface area contributed by atoms with Crippen molar-refractivity contribution in [2.24, 2.45) is 0 Å². The van der Waals surface area contributed by atoms with Crippen LogP contribution in [-0.2, 0) is 6.54 Å². The minimum Gasteiger partial charge on any atom is -0.346 e. The second kappa shape index (κ2) is 6.96. The number of hydrogen-bond donors (Lipinski definition) is 1. The van der Waals surface area contributed by atoms with E-state index in [4.69, 9.17) is 11.6 Å². The average Bonchev–Trinajstić information content (AvgIpc) is 2.35. The van der Waals surface area contributed by atoms with Crippen molar-refractivity contribution in [3.8, 4) is 0 Å². The summed E-state index contributed by atoms with van der Waals surface area (Å²) >= 11 is 5.55. The molecule has 1 aromatic heterocycles. The summed E-state index contributed by atoms with van der Waals surface area (Å²) in [6.45, 7) is 6.18. The highest BCUT2D eigenvalue weighted by Gasteiger charge is 2.09. The Labute approximate surface area is 110 Å². The van der Waals surface area contributed by atoms with Gasteiger partial charge < -0.3 is 5.32 Å². The first-order valence-electron chi connectivity index (χ1n) is 5.74. The lowest BCUT2D eigenvalue weighted by atomic mass is 10.3. The van der Waals surface area contributed by atoms with Gasteiger partial charge in [0.05, 0.1) is 6.54 Å². The minimum atomic E-state index is -0.373. The van der Waals surface area contributed by atoms with Crippen molar-refractivity contribution in [2.75, 3.05) is 6.54 Å². The summed E-state index contributed by atoms with van der Waals surface area (Å²) in [7, 11) is 0. The van der Waals surface area contributed by atoms with E-state index in [0.717, 1.165) is 12.8 Å². The zero-order chi connectivity index (χ0) is 13.5. The highest BCUT2D eigenvalue weighted by atomic mass is 35.5. The van der Waals surface area contributed by atoms with Crippen LogP contribution in [0, 0.1) is 0 Å². The number of rotatable bonds is 6. The molecular formula is C12H16ClN3O2. The Hall–Kier alpha value is -1.62. The van der Waals surface area contributed by atoms with Crippen LogP contribution in [0.2, 0.25) is 0 Å². The quantitative estimate of drug-likeness (QED) is 0.852. The Morgan fingerprint density at radius 3 is 2.89 bits per heavy atom. The van der Waals surface area contributed by atoms with E-state index in [-0.39, 0.29) is 23.7 Å². The summed E-state index contributed by atoms with van der Waals surface area (Å²) in [5.74, 6) is -0.373. The molecule has 1 N–H and O–H groups in total. The van der Waals surface area contributed by atoms with Gasteiger partial charge in [-0.2, -0.15) is 5.10 Å². The standard InChI is InChI=1S/C12H16ClN3O2/c1-3-4-7-16-11(17)6-5-10(15-16)12(18)14-8-9(2)13/h5-6H,2-4,7-8H2,1H3,(H,14,18). The number of unbranched alkanes of at least 4 members (excludes halogenated alkanes) is 1. The molecule has 0 aliphatic rings. The summed E-state index contributed by atoms with van der Waals surface area (Å²) in [6, 6.07) is 2.74. The maximum atomic E-state index is 11.7. The van der Waals surface area contributed by atoms with Gasteiger partial charge in [0.15, 0.2) is 0 Å². The fraction of sp³-hybridized carbons (Fsp3) is 0.417. The van der Waals surface area contributed by atoms with Crippen LogP contribution in [0.25, 0.3) is 0 Å². The van der Waals surface area contributed by atoms with Crippen LogP contribution in [0.15, 0.2) is 28.5 Å². The first-order chi connectivity index (χ1) is 8.54. The van der Waals surface area contributed by atoms with Crippen molar-refractivity contribution in [3.05, 3.63) is 39.8 Å². The van der Waals surface area contributed by atoms with Gasteiger partial charge in [-0.15, -0.1) is 0 Å². The minimum absolute atomic E-state index is 0.177. The van der Waals surface area contributed by atoms with Crippen molar-refractivity contribution < 1.29 is 4.79 Å². The third-order valence-electron chi connectivity index (χ3n) is 2.26. The Morgan fingerprint density at radius 2 is 2.28 bits per heavy atom. The van der Waals surface area contributed by atoms with E-state index < -0.39 is 0 Å². The molecule has 0 aliphatic heterocycles. The van der Waals surface area contributed by atoms with E-state index in [2.05, 4.69) is 17.0 Å². The Morgan fingerprint density at radius 1 is 1.56 bits per heavy atom. The number of amides is 1. The molecule has 1 heterocycles. The molecule has 0 unspecified atom stereocenters. The van der Waals surface area contributed by atoms with Gasteiger partial charge in [-0.05, 0) is 12.5 Å². The molecule has 98 valence electrons. The molecule has 0 bridgehead atoms. The molecule has 1 aromatic rings. The molecule has 0 aliphatic carbocycles. The zero-order valence-electron chi connectivity index (χ0n) is 10.3. The number of hydrogen-bond acceptors (Lipinski definition) is 3. The van der Waals surface area contributed by atoms with Gasteiger partial charge in [0.25, 0.3) is 11.5 Å². The van der Waals surface area contributed by atoms with Gasteiger partial charge in [0, 0.05) is 17.6 Å². The third-order valence-corrected chi connectivity index (χ3v) is 2.40. The number of halogens is 1. The molecular weight excluding hydrogens is 254 g/mol. The summed E-state index contributed by atoms with van der Waals surface area (Å²) in [6.07, 6.45) is 1.80. The molecule has 0 saturated heterocycles. The molecule has 0 aromatic carbocycles. The second-order valence-corrected chi connectivity index (χ2v) is 4.37. The summed E-state index contributed by atoms with van der Waals surface area (Å²) < 4.78 is 1.30. The van der Waals surface area contributed by atoms with Gasteiger partial charge in [-0.3, -0.25) is 9.59 Å². The molecule has 5 nitrogen and oxygen atoms in total. The maximum Gasteiger partial charge on any atom is 0.272 e. The van der Waals surface area contributed by atoms with Gasteiger partial charge in [-0.1, -0.05) is 31.5 Å². The number of carbonyl (C=O) groups is 1. The zero-order valence-corrected chi connectivity index (χ0v) is 11.0. The SMILES string of the molecule is C=C(Cl)CNC(=O)c1ccc(=O)n(CCCC)n1. The van der Waals surface area contributed by atoms with Crippen LogP contribution in [0.4, 0.5) is 0 Å². The van der Waals surface area contributed by atoms with Crippen LogP contribution < -0.4 is 10.9 Å². The van der Waals surface area contributed by atoms with Crippen molar-refractivity contribution in [2.45, 2.75) is 26.3 Å². The van der Waals surface area contributed by atoms with Crippen LogP contribution in [-0.4, -0.2) is 22.2 Å². The molecule has 0 atom stereocenters. The van der Waals surface area contributed by atoms with Gasteiger partial charge in [0.2, 0.25) is 0 Å². The largest absolute Gasteiger partial charge is 0.346 e. The fourth-order valence-electron chi connectivity index (χ4n) is 1.30. The molecule has 6 heteroatoms. The molecule has 1 amide bonds. The lowest BCUT2D eigenvalue weighted by molar-refractivity contribution is 0.0950. The van der Waals surface area contributed by atoms with E-state index >= 15 is 0 Å². The normalized spacial score (nSPS) is 10.1. The number of aryl methyl sites for hydroxylation is 1. The van der Waals surface area contributed by atoms with Crippen LogP contribution >= 0.6 is 11.6 Å². The maximum absolute atomic E-state index is 11.7. The number of nitrogens with zero attached hydrogens (tertiary/aromatic N) is 2. The Kier molecular flexibility index (Phi) is 5.58. The first kappa shape index (κ1) is 14.4. The molecule has 1 rings (SSSR count). The highest BCUT2D eigenvalue weighted by molar-refractivity contribution is 6.29. The first-order valence-corrected chi connectivity index (χ1v) is 6.12. The fourth-order valence-corrected chi connectivity index (χ4v) is 1.37. The van der Waals surface area contributed by atoms with Crippen molar-refractivity contribution in [1.82, 2.24) is 15.1 Å². The topological polar surface area (TPSA) is 64.0 Å². The van der Waals surface area contributed by atoms with E-state index in [1.807, 2.05) is 6.92 Å². The summed E-state index contributed by atoms with van der Waals surface area (Å²) in [4.78, 5) is 23.2. The lowest BCUT2D eigenvalue weighted by Gasteiger charge is -2.06. The molecule has 0 radical (unpaired) electrons. The monoisotopic (exact) mass is 269 g/mol. The number of carbonyl (C=O) groups excluding carboxylic acids is 1. The van der Waals surface area contributed by atoms with E-state index in [9.17, 15) is 9.59 Å². The average molecular weight is 270 g/mol. The molecule has 18 heavy (non-hydrogen) atoms. The number of aromatic nitrogens is 2. The summed E-state index contributed by atoms with van der Waals surface area (Å²) in [5.41, 5.74) is -0.00891. The Bertz CT molecular complexity index is 496. The molecule has 0 saturated carbocycles. The predicted molar refractivity (Wildman–Crippen MR) is 70.7 cm³/mol. The van der Waals surface area contributed by atoms with E-state index in [1.54, 1.807) is 0 Å². The predicted octanol–water partition coefficient (Wildman–Crippen LogP) is 1.53. The van der Waals surface area contributed by atoms with Gasteiger partial charge >= 0.3 is 0 Å². The summed E-state index contributed by atoms with van der Waals surface area (Å²) in [5, 5.41) is 6.90. The van der Waals surface area contributed by atoms with Crippen molar-refractivity contribution in [1.29, 1.82) is 0 Å². The van der Waals surface area contributed by atoms with Crippen LogP contribution in [0.1, 0.15) is 30.3 Å². The third kappa shape index (κ3) is 4.33. The van der Waals surface area contributed by atoms with Gasteiger partial charge in [-0.25, -0.2) is 4.68 Å². The van der Waals surface area contributed by atoms with Crippen LogP contribution in [0.3, 0.4) is 0 Å². The smallest absolute Gasteiger partial charge is 0.272 e. The lowest BCUT2D eigenvalue weighted by Crippen LogP contribution is -2.30. The van der Waals surface area contributed by atoms with Crippen molar-refractivity contribution in [3.63, 3.8) is 0 Å². The number of nitrogens with one attached hydrogen (secondary N) is 1. The van der Waals surface area contributed by atoms with Crippen LogP contribution in [0.5, 0.6) is 0 Å². The second-order valence-electron chi connectivity index (χ2n) is 3.83. The molecule has 0 spiro atoms. The van der Waals surface area contributed by atoms with Crippen molar-refractivity contribution >= 4 is 17.5 Å². The van der Waals surface area contributed by atoms with E-state index in [0.29, 0.717) is 11.6 Å². The highest BCUT2D eigenvalue weighted by Crippen LogP contribution is 1.96. The van der Waals surface area contributed by atoms with E-state index in [1.165, 1.54) is 16.8 Å².